The predicted octanol–water partition coefficient (Wildman–Crippen LogP) is 24.2. The molecule has 22 nitrogen and oxygen atoms in total. The number of carbonyl (C=O) groups excluding carboxylic acids is 2. The number of anilines is 2. The largest absolute Gasteiger partial charge is 0.460 e. The molecule has 13 rings (SSSR count). The van der Waals surface area contributed by atoms with Crippen LogP contribution in [0.3, 0.4) is 0 Å². The summed E-state index contributed by atoms with van der Waals surface area (Å²) >= 11 is 6.95. The van der Waals surface area contributed by atoms with Gasteiger partial charge in [0.1, 0.15) is 58.6 Å². The molecular weight excluding hydrogens is 1550 g/mol. The molecule has 0 fully saturated rings. The second-order valence-corrected chi connectivity index (χ2v) is 37.6. The summed E-state index contributed by atoms with van der Waals surface area (Å²) in [5, 5.41) is 41.2. The van der Waals surface area contributed by atoms with E-state index in [9.17, 15) is 20.1 Å². The molecule has 0 saturated heterocycles. The van der Waals surface area contributed by atoms with Crippen LogP contribution >= 0.6 is 36.7 Å². The average molecular weight is 1620 g/mol. The van der Waals surface area contributed by atoms with Crippen molar-refractivity contribution in [1.29, 1.82) is 10.5 Å². The first-order chi connectivity index (χ1) is 55.5. The summed E-state index contributed by atoms with van der Waals surface area (Å²) in [6, 6.07) is 104. The first-order valence-electron chi connectivity index (χ1n) is 35.2. The maximum absolute atomic E-state index is 12.7. The zero-order valence-corrected chi connectivity index (χ0v) is 66.9. The smallest absolute Gasteiger partial charge is 0.419 e. The number of benzene rings is 13. The molecule has 0 aromatic heterocycles. The Labute approximate surface area is 665 Å². The van der Waals surface area contributed by atoms with Gasteiger partial charge in [-0.25, -0.2) is 0 Å². The fraction of sp³-hybridized carbons (Fsp3) is 0.0465. The lowest BCUT2D eigenvalue weighted by Gasteiger charge is -2.33. The minimum atomic E-state index is -5.40. The van der Waals surface area contributed by atoms with E-state index in [0.717, 1.165) is 0 Å². The summed E-state index contributed by atoms with van der Waals surface area (Å²) in [5.41, 5.74) is 4.50. The van der Waals surface area contributed by atoms with Crippen molar-refractivity contribution >= 4 is 111 Å². The Hall–Kier alpha value is -13.1. The SMILES string of the molecule is CN(C)c1cccc(OP(=S)(N=P(N=P(N=P(N=P(c2ccccc2)(c2ccccc2)c2ccccc2)(Oc2ccc(C#N)cc2)Oc2ccc(C#N)cc2)(Oc2ccc(N=Nc3ccccc3)cc2)Oc2ccc(N=Nc3ccccc3)cc2)(Oc2ccc(C=O)cc2)Oc2ccc(C=O)cc2)Oc2cccc(N(C)C)c2)c1. The molecule has 0 aliphatic carbocycles. The Balaban J connectivity index is 1.28. The molecule has 0 N–H and O–H groups in total. The molecular formula is C86H71N12O10P5S. The third kappa shape index (κ3) is 20.5. The fourth-order valence-corrected chi connectivity index (χ4v) is 27.8. The van der Waals surface area contributed by atoms with Gasteiger partial charge >= 0.3 is 29.6 Å². The van der Waals surface area contributed by atoms with Crippen LogP contribution in [0.5, 0.6) is 46.0 Å². The number of rotatable bonds is 31. The van der Waals surface area contributed by atoms with Crippen LogP contribution in [0, 0.1) is 22.7 Å². The average Bonchev–Trinajstić information content (AvgIpc) is 0.728. The van der Waals surface area contributed by atoms with Crippen LogP contribution in [-0.2, 0) is 11.8 Å². The molecule has 0 atom stereocenters. The van der Waals surface area contributed by atoms with Gasteiger partial charge in [0, 0.05) is 90.5 Å². The van der Waals surface area contributed by atoms with Crippen LogP contribution in [0.4, 0.5) is 34.1 Å². The number of hydrogen-bond donors (Lipinski definition) is 0. The Morgan fingerprint density at radius 2 is 0.570 bits per heavy atom. The van der Waals surface area contributed by atoms with Crippen molar-refractivity contribution in [1.82, 2.24) is 0 Å². The van der Waals surface area contributed by atoms with Gasteiger partial charge in [0.25, 0.3) is 0 Å². The highest BCUT2D eigenvalue weighted by molar-refractivity contribution is 8.10. The van der Waals surface area contributed by atoms with E-state index in [1.165, 1.54) is 48.5 Å². The molecule has 28 heteroatoms. The third-order valence-electron chi connectivity index (χ3n) is 16.5. The highest BCUT2D eigenvalue weighted by atomic mass is 32.5. The minimum Gasteiger partial charge on any atom is -0.419 e. The first kappa shape index (κ1) is 79.0. The summed E-state index contributed by atoms with van der Waals surface area (Å²) < 4.78 is 84.4. The van der Waals surface area contributed by atoms with E-state index in [1.54, 1.807) is 133 Å². The summed E-state index contributed by atoms with van der Waals surface area (Å²) in [7, 11) is -12.0. The quantitative estimate of drug-likeness (QED) is 0.0222. The van der Waals surface area contributed by atoms with Gasteiger partial charge in [0.05, 0.1) is 53.1 Å². The standard InChI is InChI=1S/C86H71N12O10P5S/c1-97(2)74-26-20-28-82(60-74)107-113(114,108-83-29-21-27-75(61-83)98(3)4)96-112(105-78-52-40-68(64-99)41-53-78,106-79-54-42-69(65-100)43-55-79)95-111(103-80-56-44-72(45-57-80)91-89-70-22-10-5-11-23-70,104-81-58-46-73(47-59-81)92-90-71-24-12-6-13-25-71)94-110(101-76-48-36-66(62-87)37-49-76,102-77-50-38-67(63-88)39-51-77)93-109(84-30-14-7-15-31-84,85-32-16-8-17-33-85)86-34-18-9-19-35-86/h5-61,64-65H,1-4H3. The summed E-state index contributed by atoms with van der Waals surface area (Å²) in [6.07, 6.45) is 1.35. The van der Waals surface area contributed by atoms with Gasteiger partial charge in [0.2, 0.25) is 0 Å². The second-order valence-electron chi connectivity index (χ2n) is 25.2. The summed E-state index contributed by atoms with van der Waals surface area (Å²) in [4.78, 5) is 29.1. The maximum Gasteiger partial charge on any atom is 0.460 e. The molecule has 114 heavy (non-hydrogen) atoms. The van der Waals surface area contributed by atoms with Crippen molar-refractivity contribution in [2.24, 2.45) is 38.5 Å². The molecule has 0 radical (unpaired) electrons. The number of aldehydes is 2. The Bertz CT molecular complexity index is 5580. The summed E-state index contributed by atoms with van der Waals surface area (Å²) in [6.45, 7) is -4.64. The molecule has 0 spiro atoms. The highest BCUT2D eigenvalue weighted by Crippen LogP contribution is 2.76. The number of azo groups is 2. The lowest BCUT2D eigenvalue weighted by atomic mass is 10.2. The van der Waals surface area contributed by atoms with Gasteiger partial charge in [-0.15, -0.1) is 4.52 Å². The van der Waals surface area contributed by atoms with E-state index in [2.05, 4.69) is 32.6 Å². The van der Waals surface area contributed by atoms with E-state index < -0.39 is 36.7 Å². The number of nitrogens with zero attached hydrogens (tertiary/aromatic N) is 12. The van der Waals surface area contributed by atoms with Gasteiger partial charge in [-0.1, -0.05) is 149 Å². The summed E-state index contributed by atoms with van der Waals surface area (Å²) in [5.74, 6) is 0.581. The van der Waals surface area contributed by atoms with E-state index in [4.69, 9.17) is 66.1 Å². The van der Waals surface area contributed by atoms with Crippen LogP contribution in [0.25, 0.3) is 0 Å². The normalized spacial score (nSPS) is 11.9. The van der Waals surface area contributed by atoms with Crippen molar-refractivity contribution in [3.63, 3.8) is 0 Å². The molecule has 0 bridgehead atoms. The van der Waals surface area contributed by atoms with Crippen molar-refractivity contribution < 1.29 is 45.8 Å². The van der Waals surface area contributed by atoms with Crippen molar-refractivity contribution in [2.75, 3.05) is 38.0 Å². The Morgan fingerprint density at radius 3 is 0.868 bits per heavy atom. The topological polar surface area (TPSA) is 261 Å². The maximum atomic E-state index is 12.7. The van der Waals surface area contributed by atoms with Gasteiger partial charge in [-0.3, -0.25) is 9.59 Å². The highest BCUT2D eigenvalue weighted by Gasteiger charge is 2.46. The fourth-order valence-electron chi connectivity index (χ4n) is 11.0. The monoisotopic (exact) mass is 1620 g/mol. The van der Waals surface area contributed by atoms with Crippen LogP contribution in [0.15, 0.2) is 384 Å². The third-order valence-corrected chi connectivity index (χ3v) is 31.7. The van der Waals surface area contributed by atoms with Crippen molar-refractivity contribution in [3.05, 3.63) is 368 Å². The molecule has 0 unspecified atom stereocenters. The van der Waals surface area contributed by atoms with Crippen LogP contribution in [0.2, 0.25) is 0 Å². The second kappa shape index (κ2) is 36.9. The Morgan fingerprint density at radius 1 is 0.298 bits per heavy atom. The van der Waals surface area contributed by atoms with Crippen molar-refractivity contribution in [3.8, 4) is 58.1 Å². The molecule has 13 aromatic rings. The van der Waals surface area contributed by atoms with Crippen LogP contribution in [-0.4, -0.2) is 40.8 Å². The molecule has 0 aliphatic rings. The number of hydrogen-bond acceptors (Lipinski definition) is 19. The molecule has 0 amide bonds. The zero-order valence-electron chi connectivity index (χ0n) is 61.7. The number of nitriles is 2. The molecule has 0 heterocycles. The predicted molar refractivity (Wildman–Crippen MR) is 457 cm³/mol. The van der Waals surface area contributed by atoms with Gasteiger partial charge in [0.15, 0.2) is 0 Å². The number of carbonyl (C=O) groups is 2. The van der Waals surface area contributed by atoms with Gasteiger partial charge in [-0.05, 0) is 194 Å². The zero-order chi connectivity index (χ0) is 79.2. The van der Waals surface area contributed by atoms with Gasteiger partial charge < -0.3 is 46.0 Å². The first-order valence-corrected chi connectivity index (χ1v) is 44.1. The molecule has 13 aromatic carbocycles. The van der Waals surface area contributed by atoms with E-state index in [0.29, 0.717) is 62.6 Å². The lowest BCUT2D eigenvalue weighted by Crippen LogP contribution is -2.25. The Kier molecular flexibility index (Phi) is 25.6. The van der Waals surface area contributed by atoms with Crippen LogP contribution < -0.4 is 61.9 Å². The van der Waals surface area contributed by atoms with Crippen LogP contribution in [0.1, 0.15) is 31.8 Å². The van der Waals surface area contributed by atoms with Crippen molar-refractivity contribution in [2.45, 2.75) is 0 Å². The van der Waals surface area contributed by atoms with E-state index in [-0.39, 0.29) is 68.2 Å². The lowest BCUT2D eigenvalue weighted by molar-refractivity contribution is 0.111. The molecule has 0 aliphatic heterocycles. The van der Waals surface area contributed by atoms with E-state index in [1.807, 2.05) is 202 Å². The molecule has 566 valence electrons. The van der Waals surface area contributed by atoms with Gasteiger partial charge in [-0.2, -0.15) is 35.5 Å². The van der Waals surface area contributed by atoms with E-state index >= 15 is 0 Å². The minimum absolute atomic E-state index is 0.00773. The molecule has 0 saturated carbocycles.